The monoisotopic (exact) mass is 281 g/mol. The zero-order chi connectivity index (χ0) is 14.7. The van der Waals surface area contributed by atoms with Crippen LogP contribution >= 0.6 is 0 Å². The lowest BCUT2D eigenvalue weighted by Gasteiger charge is -2.33. The van der Waals surface area contributed by atoms with Crippen LogP contribution in [-0.2, 0) is 0 Å². The van der Waals surface area contributed by atoms with Gasteiger partial charge in [-0.25, -0.2) is 0 Å². The van der Waals surface area contributed by atoms with Crippen LogP contribution < -0.4 is 10.1 Å². The number of hydrogen-bond donors (Lipinski definition) is 2. The number of nitro benzene ring substituents is 1. The fraction of sp³-hybridized carbons (Fsp3) is 0.538. The lowest BCUT2D eigenvalue weighted by Crippen LogP contribution is -2.44. The van der Waals surface area contributed by atoms with Gasteiger partial charge < -0.3 is 15.2 Å². The van der Waals surface area contributed by atoms with Gasteiger partial charge in [-0.1, -0.05) is 0 Å². The molecule has 110 valence electrons. The summed E-state index contributed by atoms with van der Waals surface area (Å²) in [6, 6.07) is 2.55. The largest absolute Gasteiger partial charge is 0.504 e. The number of nitro groups is 1. The summed E-state index contributed by atoms with van der Waals surface area (Å²) in [7, 11) is 1.39. The van der Waals surface area contributed by atoms with Crippen molar-refractivity contribution in [2.45, 2.75) is 13.0 Å². The maximum Gasteiger partial charge on any atom is 0.273 e. The highest BCUT2D eigenvalue weighted by Crippen LogP contribution is 2.39. The lowest BCUT2D eigenvalue weighted by atomic mass is 10.0. The Morgan fingerprint density at radius 3 is 2.65 bits per heavy atom. The number of nitrogens with zero attached hydrogens (tertiary/aromatic N) is 2. The van der Waals surface area contributed by atoms with E-state index in [0.29, 0.717) is 5.56 Å². The Bertz CT molecular complexity index is 501. The summed E-state index contributed by atoms with van der Waals surface area (Å²) >= 11 is 0. The van der Waals surface area contributed by atoms with Gasteiger partial charge in [0.25, 0.3) is 5.69 Å². The molecule has 1 heterocycles. The van der Waals surface area contributed by atoms with Crippen LogP contribution in [0.15, 0.2) is 12.1 Å². The van der Waals surface area contributed by atoms with E-state index in [0.717, 1.165) is 26.2 Å². The first kappa shape index (κ1) is 14.5. The van der Waals surface area contributed by atoms with Crippen molar-refractivity contribution in [3.63, 3.8) is 0 Å². The van der Waals surface area contributed by atoms with Gasteiger partial charge in [0.15, 0.2) is 11.5 Å². The molecule has 2 rings (SSSR count). The van der Waals surface area contributed by atoms with Gasteiger partial charge in [0, 0.05) is 43.9 Å². The molecule has 0 amide bonds. The van der Waals surface area contributed by atoms with Crippen LogP contribution in [0.4, 0.5) is 5.69 Å². The summed E-state index contributed by atoms with van der Waals surface area (Å²) in [5.41, 5.74) is 0.453. The number of phenols is 1. The third-order valence-electron chi connectivity index (χ3n) is 3.67. The molecule has 1 aromatic rings. The summed E-state index contributed by atoms with van der Waals surface area (Å²) in [5.74, 6) is 0.111. The molecule has 0 radical (unpaired) electrons. The fourth-order valence-electron chi connectivity index (χ4n) is 2.46. The van der Waals surface area contributed by atoms with E-state index in [9.17, 15) is 15.2 Å². The molecule has 0 unspecified atom stereocenters. The number of benzene rings is 1. The molecule has 0 spiro atoms. The van der Waals surface area contributed by atoms with Crippen LogP contribution in [0.5, 0.6) is 11.5 Å². The summed E-state index contributed by atoms with van der Waals surface area (Å²) in [5, 5.41) is 24.4. The van der Waals surface area contributed by atoms with Gasteiger partial charge in [-0.3, -0.25) is 15.0 Å². The zero-order valence-electron chi connectivity index (χ0n) is 11.6. The average molecular weight is 281 g/mol. The van der Waals surface area contributed by atoms with E-state index in [4.69, 9.17) is 4.74 Å². The number of rotatable bonds is 4. The van der Waals surface area contributed by atoms with Gasteiger partial charge in [-0.05, 0) is 6.92 Å². The second-order valence-corrected chi connectivity index (χ2v) is 4.80. The van der Waals surface area contributed by atoms with E-state index in [1.165, 1.54) is 19.2 Å². The maximum atomic E-state index is 11.0. The highest BCUT2D eigenvalue weighted by Gasteiger charge is 2.25. The van der Waals surface area contributed by atoms with Crippen molar-refractivity contribution in [3.8, 4) is 11.5 Å². The van der Waals surface area contributed by atoms with Crippen LogP contribution in [0, 0.1) is 10.1 Å². The minimum atomic E-state index is -0.476. The summed E-state index contributed by atoms with van der Waals surface area (Å²) < 4.78 is 5.03. The molecule has 1 aliphatic rings. The van der Waals surface area contributed by atoms with Gasteiger partial charge in [0.05, 0.1) is 18.1 Å². The molecule has 20 heavy (non-hydrogen) atoms. The Morgan fingerprint density at radius 1 is 1.45 bits per heavy atom. The fourth-order valence-corrected chi connectivity index (χ4v) is 2.46. The lowest BCUT2D eigenvalue weighted by molar-refractivity contribution is -0.385. The van der Waals surface area contributed by atoms with Crippen molar-refractivity contribution in [3.05, 3.63) is 27.8 Å². The molecular weight excluding hydrogens is 262 g/mol. The van der Waals surface area contributed by atoms with E-state index in [2.05, 4.69) is 10.2 Å². The molecule has 1 fully saturated rings. The quantitative estimate of drug-likeness (QED) is 0.638. The highest BCUT2D eigenvalue weighted by atomic mass is 16.6. The Balaban J connectivity index is 2.37. The third-order valence-corrected chi connectivity index (χ3v) is 3.67. The normalized spacial score (nSPS) is 17.7. The molecule has 7 nitrogen and oxygen atoms in total. The van der Waals surface area contributed by atoms with Crippen LogP contribution in [0.2, 0.25) is 0 Å². The number of methoxy groups -OCH3 is 1. The first-order chi connectivity index (χ1) is 9.54. The molecule has 0 aromatic heterocycles. The second kappa shape index (κ2) is 6.06. The number of nitrogens with one attached hydrogen (secondary N) is 1. The first-order valence-electron chi connectivity index (χ1n) is 6.54. The van der Waals surface area contributed by atoms with Gasteiger partial charge >= 0.3 is 0 Å². The number of ether oxygens (including phenoxy) is 1. The van der Waals surface area contributed by atoms with E-state index in [1.54, 1.807) is 0 Å². The van der Waals surface area contributed by atoms with Crippen LogP contribution in [0.25, 0.3) is 0 Å². The summed E-state index contributed by atoms with van der Waals surface area (Å²) in [6.45, 7) is 5.36. The molecule has 0 bridgehead atoms. The number of aromatic hydroxyl groups is 1. The second-order valence-electron chi connectivity index (χ2n) is 4.80. The molecular formula is C13H19N3O4. The number of non-ortho nitro benzene ring substituents is 1. The standard InChI is InChI=1S/C13H19N3O4/c1-9(15-5-3-14-4-6-15)11-7-10(16(18)19)8-12(20-2)13(11)17/h7-9,14,17H,3-6H2,1-2H3/t9-/m1/s1. The van der Waals surface area contributed by atoms with Crippen LogP contribution in [0.1, 0.15) is 18.5 Å². The maximum absolute atomic E-state index is 11.0. The molecule has 7 heteroatoms. The van der Waals surface area contributed by atoms with Gasteiger partial charge in [-0.2, -0.15) is 0 Å². The van der Waals surface area contributed by atoms with Gasteiger partial charge in [-0.15, -0.1) is 0 Å². The van der Waals surface area contributed by atoms with E-state index < -0.39 is 4.92 Å². The average Bonchev–Trinajstić information content (AvgIpc) is 2.47. The predicted molar refractivity (Wildman–Crippen MR) is 74.2 cm³/mol. The van der Waals surface area contributed by atoms with Gasteiger partial charge in [0.2, 0.25) is 0 Å². The molecule has 1 saturated heterocycles. The van der Waals surface area contributed by atoms with Crippen molar-refractivity contribution in [2.24, 2.45) is 0 Å². The molecule has 1 aliphatic heterocycles. The van der Waals surface area contributed by atoms with E-state index >= 15 is 0 Å². The third kappa shape index (κ3) is 2.83. The Morgan fingerprint density at radius 2 is 2.10 bits per heavy atom. The predicted octanol–water partition coefficient (Wildman–Crippen LogP) is 1.28. The smallest absolute Gasteiger partial charge is 0.273 e. The van der Waals surface area contributed by atoms with Crippen molar-refractivity contribution < 1.29 is 14.8 Å². The first-order valence-corrected chi connectivity index (χ1v) is 6.54. The highest BCUT2D eigenvalue weighted by molar-refractivity contribution is 5.54. The molecule has 0 aliphatic carbocycles. The minimum Gasteiger partial charge on any atom is -0.504 e. The van der Waals surface area contributed by atoms with Crippen LogP contribution in [0.3, 0.4) is 0 Å². The van der Waals surface area contributed by atoms with Crippen molar-refractivity contribution in [1.82, 2.24) is 10.2 Å². The zero-order valence-corrected chi connectivity index (χ0v) is 11.6. The van der Waals surface area contributed by atoms with Crippen molar-refractivity contribution in [2.75, 3.05) is 33.3 Å². The molecule has 2 N–H and O–H groups in total. The summed E-state index contributed by atoms with van der Waals surface area (Å²) in [6.07, 6.45) is 0. The van der Waals surface area contributed by atoms with E-state index in [-0.39, 0.29) is 23.2 Å². The molecule has 0 saturated carbocycles. The van der Waals surface area contributed by atoms with Crippen molar-refractivity contribution >= 4 is 5.69 Å². The number of hydrogen-bond acceptors (Lipinski definition) is 6. The SMILES string of the molecule is COc1cc([N+](=O)[O-])cc([C@@H](C)N2CCNCC2)c1O. The number of piperazine rings is 1. The van der Waals surface area contributed by atoms with Crippen LogP contribution in [-0.4, -0.2) is 48.2 Å². The topological polar surface area (TPSA) is 87.9 Å². The summed E-state index contributed by atoms with van der Waals surface area (Å²) in [4.78, 5) is 12.7. The Labute approximate surface area is 117 Å². The number of phenolic OH excluding ortho intramolecular Hbond substituents is 1. The van der Waals surface area contributed by atoms with E-state index in [1.807, 2.05) is 6.92 Å². The molecule has 1 atom stereocenters. The minimum absolute atomic E-state index is 0.0240. The molecule has 1 aromatic carbocycles. The Kier molecular flexibility index (Phi) is 4.41. The Hall–Kier alpha value is -1.86. The van der Waals surface area contributed by atoms with Crippen molar-refractivity contribution in [1.29, 1.82) is 0 Å². The van der Waals surface area contributed by atoms with Gasteiger partial charge in [0.1, 0.15) is 0 Å².